The molecule has 0 aliphatic carbocycles. The maximum atomic E-state index is 11.3. The van der Waals surface area contributed by atoms with Crippen LogP contribution in [-0.4, -0.2) is 16.4 Å². The van der Waals surface area contributed by atoms with Gasteiger partial charge < -0.3 is 4.74 Å². The van der Waals surface area contributed by atoms with Crippen molar-refractivity contribution in [2.45, 2.75) is 26.4 Å². The first-order valence-electron chi connectivity index (χ1n) is 4.54. The lowest BCUT2D eigenvalue weighted by molar-refractivity contribution is -0.142. The molecule has 1 aromatic heterocycles. The van der Waals surface area contributed by atoms with Crippen LogP contribution < -0.4 is 0 Å². The van der Waals surface area contributed by atoms with Crippen molar-refractivity contribution in [3.8, 4) is 0 Å². The molecule has 0 fully saturated rings. The van der Waals surface area contributed by atoms with Gasteiger partial charge in [-0.15, -0.1) is 0 Å². The lowest BCUT2D eigenvalue weighted by atomic mass is 10.2. The molecule has 0 spiro atoms. The zero-order valence-corrected chi connectivity index (χ0v) is 7.95. The summed E-state index contributed by atoms with van der Waals surface area (Å²) in [6, 6.07) is 1.83. The minimum Gasteiger partial charge on any atom is -0.461 e. The fourth-order valence-corrected chi connectivity index (χ4v) is 1.68. The first kappa shape index (κ1) is 8.99. The fraction of sp³-hybridized carbons (Fsp3) is 0.400. The predicted molar refractivity (Wildman–Crippen MR) is 48.8 cm³/mol. The number of carbonyl (C=O) groups excluding carboxylic acids is 2. The van der Waals surface area contributed by atoms with Crippen molar-refractivity contribution < 1.29 is 14.3 Å². The van der Waals surface area contributed by atoms with E-state index in [4.69, 9.17) is 4.74 Å². The SMILES string of the molecule is CC(=O)OCc1ccn2c1CCC2=O. The highest BCUT2D eigenvalue weighted by Gasteiger charge is 2.21. The molecule has 14 heavy (non-hydrogen) atoms. The van der Waals surface area contributed by atoms with E-state index in [0.717, 1.165) is 17.7 Å². The molecule has 0 bridgehead atoms. The van der Waals surface area contributed by atoms with Crippen LogP contribution in [0.3, 0.4) is 0 Å². The van der Waals surface area contributed by atoms with Crippen molar-refractivity contribution in [2.75, 3.05) is 0 Å². The van der Waals surface area contributed by atoms with E-state index in [1.165, 1.54) is 6.92 Å². The fourth-order valence-electron chi connectivity index (χ4n) is 1.68. The highest BCUT2D eigenvalue weighted by molar-refractivity contribution is 5.83. The van der Waals surface area contributed by atoms with Crippen molar-refractivity contribution in [2.24, 2.45) is 0 Å². The molecule has 0 saturated carbocycles. The lowest BCUT2D eigenvalue weighted by Gasteiger charge is -2.01. The Morgan fingerprint density at radius 2 is 2.36 bits per heavy atom. The maximum Gasteiger partial charge on any atom is 0.302 e. The average Bonchev–Trinajstić information content (AvgIpc) is 2.66. The number of hydrogen-bond acceptors (Lipinski definition) is 3. The van der Waals surface area contributed by atoms with Gasteiger partial charge in [-0.05, 0) is 12.5 Å². The van der Waals surface area contributed by atoms with E-state index in [-0.39, 0.29) is 18.5 Å². The number of aromatic nitrogens is 1. The van der Waals surface area contributed by atoms with Crippen molar-refractivity contribution in [3.63, 3.8) is 0 Å². The van der Waals surface area contributed by atoms with Gasteiger partial charge in [-0.2, -0.15) is 0 Å². The smallest absolute Gasteiger partial charge is 0.302 e. The molecule has 0 amide bonds. The molecule has 2 rings (SSSR count). The van der Waals surface area contributed by atoms with Gasteiger partial charge in [0.1, 0.15) is 6.61 Å². The van der Waals surface area contributed by atoms with Crippen LogP contribution in [0.15, 0.2) is 12.3 Å². The van der Waals surface area contributed by atoms with E-state index in [1.54, 1.807) is 10.8 Å². The van der Waals surface area contributed by atoms with Gasteiger partial charge in [0.05, 0.1) is 0 Å². The van der Waals surface area contributed by atoms with Gasteiger partial charge >= 0.3 is 5.97 Å². The van der Waals surface area contributed by atoms with Crippen molar-refractivity contribution in [1.82, 2.24) is 4.57 Å². The minimum absolute atomic E-state index is 0.120. The molecule has 0 saturated heterocycles. The Bertz CT molecular complexity index is 392. The summed E-state index contributed by atoms with van der Waals surface area (Å²) in [5, 5.41) is 0. The standard InChI is InChI=1S/C10H11NO3/c1-7(12)14-6-8-4-5-11-9(8)2-3-10(11)13/h4-5H,2-3,6H2,1H3. The predicted octanol–water partition coefficient (Wildman–Crippen LogP) is 1.14. The summed E-state index contributed by atoms with van der Waals surface area (Å²) in [7, 11) is 0. The molecule has 74 valence electrons. The highest BCUT2D eigenvalue weighted by atomic mass is 16.5. The van der Waals surface area contributed by atoms with Crippen LogP contribution in [0.25, 0.3) is 0 Å². The molecule has 0 N–H and O–H groups in total. The molecule has 0 radical (unpaired) electrons. The summed E-state index contributed by atoms with van der Waals surface area (Å²) >= 11 is 0. The molecule has 4 heteroatoms. The van der Waals surface area contributed by atoms with Gasteiger partial charge in [-0.3, -0.25) is 14.2 Å². The molecule has 1 aliphatic rings. The number of rotatable bonds is 2. The van der Waals surface area contributed by atoms with Gasteiger partial charge in [0, 0.05) is 30.8 Å². The Labute approximate surface area is 81.5 Å². The van der Waals surface area contributed by atoms with Crippen molar-refractivity contribution >= 4 is 11.9 Å². The van der Waals surface area contributed by atoms with Crippen LogP contribution >= 0.6 is 0 Å². The zero-order valence-electron chi connectivity index (χ0n) is 7.95. The summed E-state index contributed by atoms with van der Waals surface area (Å²) in [6.07, 6.45) is 3.05. The second-order valence-corrected chi connectivity index (χ2v) is 3.33. The average molecular weight is 193 g/mol. The number of esters is 1. The molecule has 4 nitrogen and oxygen atoms in total. The molecule has 0 atom stereocenters. The minimum atomic E-state index is -0.297. The monoisotopic (exact) mass is 193 g/mol. The third-order valence-corrected chi connectivity index (χ3v) is 2.36. The summed E-state index contributed by atoms with van der Waals surface area (Å²) in [5.74, 6) is -0.177. The van der Waals surface area contributed by atoms with Crippen LogP contribution in [0.2, 0.25) is 0 Å². The Balaban J connectivity index is 2.16. The third kappa shape index (κ3) is 1.43. The van der Waals surface area contributed by atoms with Gasteiger partial charge in [0.15, 0.2) is 0 Å². The van der Waals surface area contributed by atoms with Gasteiger partial charge in [0.2, 0.25) is 5.91 Å². The number of carbonyl (C=O) groups is 2. The molecule has 2 heterocycles. The molecule has 1 aliphatic heterocycles. The summed E-state index contributed by atoms with van der Waals surface area (Å²) < 4.78 is 6.52. The number of hydrogen-bond donors (Lipinski definition) is 0. The maximum absolute atomic E-state index is 11.3. The van der Waals surface area contributed by atoms with E-state index in [9.17, 15) is 9.59 Å². The van der Waals surface area contributed by atoms with Gasteiger partial charge in [0.25, 0.3) is 0 Å². The van der Waals surface area contributed by atoms with Gasteiger partial charge in [-0.1, -0.05) is 0 Å². The Kier molecular flexibility index (Phi) is 2.11. The van der Waals surface area contributed by atoms with Crippen LogP contribution in [0.5, 0.6) is 0 Å². The van der Waals surface area contributed by atoms with Crippen LogP contribution in [-0.2, 0) is 22.6 Å². The second kappa shape index (κ2) is 3.29. The topological polar surface area (TPSA) is 48.3 Å². The van der Waals surface area contributed by atoms with Gasteiger partial charge in [-0.25, -0.2) is 0 Å². The Morgan fingerprint density at radius 1 is 1.57 bits per heavy atom. The van der Waals surface area contributed by atoms with E-state index in [2.05, 4.69) is 0 Å². The Hall–Kier alpha value is -1.58. The molecular formula is C10H11NO3. The second-order valence-electron chi connectivity index (χ2n) is 3.33. The highest BCUT2D eigenvalue weighted by Crippen LogP contribution is 2.20. The zero-order chi connectivity index (χ0) is 10.1. The van der Waals surface area contributed by atoms with Crippen LogP contribution in [0, 0.1) is 0 Å². The van der Waals surface area contributed by atoms with E-state index >= 15 is 0 Å². The normalized spacial score (nSPS) is 14.2. The molecule has 0 unspecified atom stereocenters. The van der Waals surface area contributed by atoms with Crippen LogP contribution in [0.4, 0.5) is 0 Å². The Morgan fingerprint density at radius 3 is 3.07 bits per heavy atom. The quantitative estimate of drug-likeness (QED) is 0.662. The van der Waals surface area contributed by atoms with Crippen molar-refractivity contribution in [3.05, 3.63) is 23.5 Å². The molecule has 1 aromatic rings. The van der Waals surface area contributed by atoms with E-state index < -0.39 is 0 Å². The first-order chi connectivity index (χ1) is 6.68. The number of nitrogens with zero attached hydrogens (tertiary/aromatic N) is 1. The molecular weight excluding hydrogens is 182 g/mol. The first-order valence-corrected chi connectivity index (χ1v) is 4.54. The van der Waals surface area contributed by atoms with E-state index in [1.807, 2.05) is 6.07 Å². The van der Waals surface area contributed by atoms with Crippen molar-refractivity contribution in [1.29, 1.82) is 0 Å². The largest absolute Gasteiger partial charge is 0.461 e. The summed E-state index contributed by atoms with van der Waals surface area (Å²) in [4.78, 5) is 21.9. The number of ether oxygens (including phenoxy) is 1. The summed E-state index contributed by atoms with van der Waals surface area (Å²) in [6.45, 7) is 1.65. The van der Waals surface area contributed by atoms with Crippen LogP contribution in [0.1, 0.15) is 29.4 Å². The van der Waals surface area contributed by atoms with E-state index in [0.29, 0.717) is 6.42 Å². The lowest BCUT2D eigenvalue weighted by Crippen LogP contribution is -2.02. The third-order valence-electron chi connectivity index (χ3n) is 2.36. The molecule has 0 aromatic carbocycles. The number of fused-ring (bicyclic) bond motifs is 1. The summed E-state index contributed by atoms with van der Waals surface area (Å²) in [5.41, 5.74) is 1.92.